The van der Waals surface area contributed by atoms with E-state index in [9.17, 15) is 19.2 Å². The third kappa shape index (κ3) is 6.96. The molecule has 1 aliphatic heterocycles. The van der Waals surface area contributed by atoms with Gasteiger partial charge in [0.15, 0.2) is 0 Å². The molecule has 0 aromatic rings. The summed E-state index contributed by atoms with van der Waals surface area (Å²) in [6.07, 6.45) is 0.723. The van der Waals surface area contributed by atoms with E-state index >= 15 is 0 Å². The van der Waals surface area contributed by atoms with Crippen LogP contribution in [-0.4, -0.2) is 63.7 Å². The average molecular weight is 358 g/mol. The molecular weight excluding hydrogens is 332 g/mol. The van der Waals surface area contributed by atoms with Crippen molar-refractivity contribution in [3.05, 3.63) is 0 Å². The van der Waals surface area contributed by atoms with Crippen LogP contribution >= 0.6 is 0 Å². The summed E-state index contributed by atoms with van der Waals surface area (Å²) in [4.78, 5) is 47.2. The molecule has 0 radical (unpaired) electrons. The minimum absolute atomic E-state index is 0.229. The lowest BCUT2D eigenvalue weighted by molar-refractivity contribution is -0.163. The molecule has 3 amide bonds. The van der Waals surface area contributed by atoms with Gasteiger partial charge in [0.1, 0.15) is 11.6 Å². The van der Waals surface area contributed by atoms with Gasteiger partial charge in [0, 0.05) is 13.5 Å². The Morgan fingerprint density at radius 2 is 1.96 bits per heavy atom. The highest BCUT2D eigenvalue weighted by Gasteiger charge is 2.37. The van der Waals surface area contributed by atoms with E-state index in [1.54, 1.807) is 20.8 Å². The average Bonchev–Trinajstić information content (AvgIpc) is 2.48. The molecule has 1 fully saturated rings. The number of rotatable bonds is 4. The van der Waals surface area contributed by atoms with Gasteiger partial charge in [0.25, 0.3) is 0 Å². The molecule has 0 aliphatic carbocycles. The lowest BCUT2D eigenvalue weighted by Gasteiger charge is -2.38. The van der Waals surface area contributed by atoms with Crippen LogP contribution in [0.15, 0.2) is 0 Å². The number of esters is 1. The lowest BCUT2D eigenvalue weighted by Crippen LogP contribution is -2.63. The topological polar surface area (TPSA) is 128 Å². The van der Waals surface area contributed by atoms with Crippen molar-refractivity contribution in [1.82, 2.24) is 20.9 Å². The number of carboxylic acids is 1. The molecule has 1 atom stereocenters. The van der Waals surface area contributed by atoms with Crippen LogP contribution in [0.4, 0.5) is 4.79 Å². The van der Waals surface area contributed by atoms with Gasteiger partial charge in [-0.2, -0.15) is 0 Å². The maximum absolute atomic E-state index is 12.7. The Morgan fingerprint density at radius 1 is 1.32 bits per heavy atom. The van der Waals surface area contributed by atoms with Crippen LogP contribution in [0.25, 0.3) is 0 Å². The van der Waals surface area contributed by atoms with Crippen molar-refractivity contribution in [1.29, 1.82) is 0 Å². The molecule has 0 unspecified atom stereocenters. The SMILES string of the molecule is CC(=O)NN(CCC(=O)O)C(=O)N1NCCC[C@H]1C(=O)OC(C)(C)C. The Hall–Kier alpha value is -2.36. The number of hydrogen-bond acceptors (Lipinski definition) is 6. The minimum Gasteiger partial charge on any atom is -0.481 e. The molecule has 10 nitrogen and oxygen atoms in total. The first kappa shape index (κ1) is 20.7. The first-order chi connectivity index (χ1) is 11.5. The number of carbonyl (C=O) groups is 4. The van der Waals surface area contributed by atoms with Gasteiger partial charge in [0.05, 0.1) is 13.0 Å². The first-order valence-corrected chi connectivity index (χ1v) is 8.07. The van der Waals surface area contributed by atoms with Crippen LogP contribution in [0.5, 0.6) is 0 Å². The van der Waals surface area contributed by atoms with E-state index in [0.29, 0.717) is 19.4 Å². The zero-order valence-corrected chi connectivity index (χ0v) is 15.0. The standard InChI is InChI=1S/C15H26N4O6/c1-10(20)17-18(9-7-12(21)22)14(24)19-11(6-5-8-16-19)13(23)25-15(2,3)4/h11,16H,5-9H2,1-4H3,(H,17,20)(H,21,22)/t11-/m0/s1. The van der Waals surface area contributed by atoms with Gasteiger partial charge in [0.2, 0.25) is 5.91 Å². The number of carboxylic acid groups (broad SMARTS) is 1. The number of hydrogen-bond donors (Lipinski definition) is 3. The molecule has 1 heterocycles. The van der Waals surface area contributed by atoms with Crippen LogP contribution in [0, 0.1) is 0 Å². The van der Waals surface area contributed by atoms with Gasteiger partial charge in [-0.3, -0.25) is 15.0 Å². The molecule has 0 bridgehead atoms. The summed E-state index contributed by atoms with van der Waals surface area (Å²) in [5, 5.41) is 10.8. The van der Waals surface area contributed by atoms with E-state index in [0.717, 1.165) is 10.0 Å². The summed E-state index contributed by atoms with van der Waals surface area (Å²) in [6, 6.07) is -1.58. The molecule has 10 heteroatoms. The number of urea groups is 1. The summed E-state index contributed by atoms with van der Waals surface area (Å²) >= 11 is 0. The summed E-state index contributed by atoms with van der Waals surface area (Å²) in [5.41, 5.74) is 4.40. The number of aliphatic carboxylic acids is 1. The summed E-state index contributed by atoms with van der Waals surface area (Å²) in [6.45, 7) is 6.62. The largest absolute Gasteiger partial charge is 0.481 e. The lowest BCUT2D eigenvalue weighted by atomic mass is 10.1. The summed E-state index contributed by atoms with van der Waals surface area (Å²) in [5.74, 6) is -2.20. The van der Waals surface area contributed by atoms with E-state index in [2.05, 4.69) is 10.9 Å². The molecule has 0 spiro atoms. The van der Waals surface area contributed by atoms with E-state index in [1.807, 2.05) is 0 Å². The van der Waals surface area contributed by atoms with E-state index in [1.165, 1.54) is 6.92 Å². The van der Waals surface area contributed by atoms with Crippen molar-refractivity contribution in [3.63, 3.8) is 0 Å². The number of nitrogens with zero attached hydrogens (tertiary/aromatic N) is 2. The molecule has 1 saturated heterocycles. The summed E-state index contributed by atoms with van der Waals surface area (Å²) in [7, 11) is 0. The minimum atomic E-state index is -1.11. The number of carbonyl (C=O) groups excluding carboxylic acids is 3. The molecule has 3 N–H and O–H groups in total. The van der Waals surface area contributed by atoms with Crippen molar-refractivity contribution in [2.24, 2.45) is 0 Å². The van der Waals surface area contributed by atoms with Crippen molar-refractivity contribution < 1.29 is 29.0 Å². The second-order valence-corrected chi connectivity index (χ2v) is 6.72. The second kappa shape index (κ2) is 8.65. The predicted octanol–water partition coefficient (Wildman–Crippen LogP) is 0.245. The van der Waals surface area contributed by atoms with Crippen LogP contribution < -0.4 is 10.9 Å². The fourth-order valence-corrected chi connectivity index (χ4v) is 2.26. The van der Waals surface area contributed by atoms with Crippen molar-refractivity contribution in [2.45, 2.75) is 58.6 Å². The van der Waals surface area contributed by atoms with Crippen molar-refractivity contribution in [2.75, 3.05) is 13.1 Å². The quantitative estimate of drug-likeness (QED) is 0.485. The first-order valence-electron chi connectivity index (χ1n) is 8.07. The zero-order valence-electron chi connectivity index (χ0n) is 15.0. The van der Waals surface area contributed by atoms with E-state index in [4.69, 9.17) is 9.84 Å². The van der Waals surface area contributed by atoms with Gasteiger partial charge in [-0.05, 0) is 33.6 Å². The number of amides is 3. The highest BCUT2D eigenvalue weighted by atomic mass is 16.6. The third-order valence-corrected chi connectivity index (χ3v) is 3.21. The zero-order chi connectivity index (χ0) is 19.2. The number of nitrogens with one attached hydrogen (secondary N) is 2. The Balaban J connectivity index is 2.92. The molecule has 1 rings (SSSR count). The smallest absolute Gasteiger partial charge is 0.353 e. The highest BCUT2D eigenvalue weighted by molar-refractivity contribution is 5.85. The van der Waals surface area contributed by atoms with Gasteiger partial charge < -0.3 is 9.84 Å². The monoisotopic (exact) mass is 358 g/mol. The van der Waals surface area contributed by atoms with Gasteiger partial charge in [-0.1, -0.05) is 0 Å². The van der Waals surface area contributed by atoms with Gasteiger partial charge in [-0.25, -0.2) is 25.0 Å². The Kier molecular flexibility index (Phi) is 7.16. The molecule has 0 aromatic carbocycles. The second-order valence-electron chi connectivity index (χ2n) is 6.72. The van der Waals surface area contributed by atoms with Crippen LogP contribution in [-0.2, 0) is 19.1 Å². The van der Waals surface area contributed by atoms with Crippen molar-refractivity contribution >= 4 is 23.9 Å². The molecule has 1 aliphatic rings. The molecule has 25 heavy (non-hydrogen) atoms. The third-order valence-electron chi connectivity index (χ3n) is 3.21. The van der Waals surface area contributed by atoms with Gasteiger partial charge >= 0.3 is 18.0 Å². The van der Waals surface area contributed by atoms with Crippen LogP contribution in [0.3, 0.4) is 0 Å². The fourth-order valence-electron chi connectivity index (χ4n) is 2.26. The highest BCUT2D eigenvalue weighted by Crippen LogP contribution is 2.17. The fraction of sp³-hybridized carbons (Fsp3) is 0.733. The molecular formula is C15H26N4O6. The summed E-state index contributed by atoms with van der Waals surface area (Å²) < 4.78 is 5.34. The molecule has 142 valence electrons. The van der Waals surface area contributed by atoms with E-state index in [-0.39, 0.29) is 13.0 Å². The number of hydrazine groups is 2. The molecule has 0 saturated carbocycles. The Labute approximate surface area is 146 Å². The number of ether oxygens (including phenoxy) is 1. The predicted molar refractivity (Wildman–Crippen MR) is 86.9 cm³/mol. The van der Waals surface area contributed by atoms with E-state index < -0.39 is 35.5 Å². The maximum atomic E-state index is 12.7. The maximum Gasteiger partial charge on any atom is 0.353 e. The van der Waals surface area contributed by atoms with Gasteiger partial charge in [-0.15, -0.1) is 0 Å². The van der Waals surface area contributed by atoms with Crippen molar-refractivity contribution in [3.8, 4) is 0 Å². The van der Waals surface area contributed by atoms with Crippen LogP contribution in [0.2, 0.25) is 0 Å². The Bertz CT molecular complexity index is 531. The Morgan fingerprint density at radius 3 is 2.48 bits per heavy atom. The molecule has 0 aromatic heterocycles. The normalized spacial score (nSPS) is 17.6. The van der Waals surface area contributed by atoms with Crippen LogP contribution in [0.1, 0.15) is 47.0 Å².